The zero-order valence-electron chi connectivity index (χ0n) is 20.5. The molecule has 8 heteroatoms. The molecule has 3 aromatic rings. The molecule has 1 unspecified atom stereocenters. The van der Waals surface area contributed by atoms with E-state index in [4.69, 9.17) is 9.72 Å². The lowest BCUT2D eigenvalue weighted by Crippen LogP contribution is -2.30. The molecular formula is C27H31F3N2O3. The fraction of sp³-hybridized carbons (Fsp3) is 0.481. The standard InChI is InChI=1S/C27H31F3N2O3/c1-17-11-19(15-26(2,3)14-17)16-32-23-10-7-20(25(33)34-4)13-22(23)31-24(32)12-18-5-8-21(9-6-18)35-27(28,29)30/h5-10,13,17,19H,11-12,14-16H2,1-4H3/t17-,19?/m0/s1. The number of benzene rings is 2. The van der Waals surface area contributed by atoms with Crippen LogP contribution in [0.25, 0.3) is 11.0 Å². The summed E-state index contributed by atoms with van der Waals surface area (Å²) in [5.41, 5.74) is 3.15. The summed E-state index contributed by atoms with van der Waals surface area (Å²) in [5.74, 6) is 1.24. The first-order valence-electron chi connectivity index (χ1n) is 11.8. The average Bonchev–Trinajstić information content (AvgIpc) is 3.08. The Kier molecular flexibility index (Phi) is 6.84. The normalized spacial score (nSPS) is 20.1. The van der Waals surface area contributed by atoms with E-state index >= 15 is 0 Å². The maximum Gasteiger partial charge on any atom is 0.573 e. The van der Waals surface area contributed by atoms with Crippen LogP contribution in [0.5, 0.6) is 5.75 Å². The van der Waals surface area contributed by atoms with E-state index in [0.29, 0.717) is 29.3 Å². The number of hydrogen-bond acceptors (Lipinski definition) is 4. The van der Waals surface area contributed by atoms with Crippen LogP contribution in [-0.4, -0.2) is 29.0 Å². The van der Waals surface area contributed by atoms with Gasteiger partial charge in [-0.15, -0.1) is 13.2 Å². The van der Waals surface area contributed by atoms with Gasteiger partial charge >= 0.3 is 12.3 Å². The monoisotopic (exact) mass is 488 g/mol. The maximum absolute atomic E-state index is 12.5. The van der Waals surface area contributed by atoms with Gasteiger partial charge in [-0.05, 0) is 72.4 Å². The minimum atomic E-state index is -4.72. The number of ether oxygens (including phenoxy) is 2. The van der Waals surface area contributed by atoms with Crippen molar-refractivity contribution in [2.45, 2.75) is 59.4 Å². The summed E-state index contributed by atoms with van der Waals surface area (Å²) in [6, 6.07) is 11.2. The second-order valence-electron chi connectivity index (χ2n) is 10.5. The van der Waals surface area contributed by atoms with Crippen LogP contribution in [-0.2, 0) is 17.7 Å². The van der Waals surface area contributed by atoms with Crippen molar-refractivity contribution < 1.29 is 27.4 Å². The van der Waals surface area contributed by atoms with Crippen molar-refractivity contribution in [3.8, 4) is 5.75 Å². The van der Waals surface area contributed by atoms with Gasteiger partial charge in [0.2, 0.25) is 0 Å². The molecule has 1 saturated carbocycles. The molecule has 1 fully saturated rings. The van der Waals surface area contributed by atoms with E-state index in [9.17, 15) is 18.0 Å². The molecule has 0 bridgehead atoms. The number of alkyl halides is 3. The number of carbonyl (C=O) groups is 1. The van der Waals surface area contributed by atoms with Gasteiger partial charge in [0.15, 0.2) is 0 Å². The summed E-state index contributed by atoms with van der Waals surface area (Å²) in [5, 5.41) is 0. The van der Waals surface area contributed by atoms with Crippen molar-refractivity contribution in [1.29, 1.82) is 0 Å². The number of rotatable bonds is 6. The first kappa shape index (κ1) is 25.1. The van der Waals surface area contributed by atoms with Crippen molar-refractivity contribution >= 4 is 17.0 Å². The summed E-state index contributed by atoms with van der Waals surface area (Å²) in [6.07, 6.45) is -0.833. The topological polar surface area (TPSA) is 53.4 Å². The molecule has 1 aliphatic carbocycles. The number of methoxy groups -OCH3 is 1. The number of hydrogen-bond donors (Lipinski definition) is 0. The molecule has 188 valence electrons. The Hall–Kier alpha value is -3.03. The predicted molar refractivity (Wildman–Crippen MR) is 127 cm³/mol. The van der Waals surface area contributed by atoms with Crippen LogP contribution in [0.1, 0.15) is 61.8 Å². The summed E-state index contributed by atoms with van der Waals surface area (Å²) in [7, 11) is 1.34. The van der Waals surface area contributed by atoms with Crippen molar-refractivity contribution in [1.82, 2.24) is 9.55 Å². The first-order valence-corrected chi connectivity index (χ1v) is 11.8. The second kappa shape index (κ2) is 9.55. The highest BCUT2D eigenvalue weighted by Crippen LogP contribution is 2.42. The summed E-state index contributed by atoms with van der Waals surface area (Å²) in [4.78, 5) is 16.9. The Balaban J connectivity index is 1.67. The van der Waals surface area contributed by atoms with E-state index in [1.165, 1.54) is 25.7 Å². The lowest BCUT2D eigenvalue weighted by Gasteiger charge is -2.39. The molecule has 0 radical (unpaired) electrons. The van der Waals surface area contributed by atoms with Gasteiger partial charge in [0.05, 0.1) is 23.7 Å². The Morgan fingerprint density at radius 1 is 1.14 bits per heavy atom. The van der Waals surface area contributed by atoms with E-state index in [0.717, 1.165) is 36.3 Å². The average molecular weight is 489 g/mol. The number of esters is 1. The molecule has 4 rings (SSSR count). The SMILES string of the molecule is COC(=O)c1ccc2c(c1)nc(Cc1ccc(OC(F)(F)F)cc1)n2CC1C[C@H](C)CC(C)(C)C1. The van der Waals surface area contributed by atoms with Crippen LogP contribution in [0, 0.1) is 17.3 Å². The molecular weight excluding hydrogens is 457 g/mol. The fourth-order valence-corrected chi connectivity index (χ4v) is 5.70. The Morgan fingerprint density at radius 2 is 1.86 bits per heavy atom. The van der Waals surface area contributed by atoms with E-state index in [1.54, 1.807) is 24.3 Å². The molecule has 1 aliphatic rings. The van der Waals surface area contributed by atoms with Gasteiger partial charge < -0.3 is 14.0 Å². The number of carbonyl (C=O) groups excluding carboxylic acids is 1. The van der Waals surface area contributed by atoms with Gasteiger partial charge in [-0.25, -0.2) is 9.78 Å². The Bertz CT molecular complexity index is 1200. The van der Waals surface area contributed by atoms with E-state index in [1.807, 2.05) is 6.07 Å². The molecule has 35 heavy (non-hydrogen) atoms. The molecule has 5 nitrogen and oxygen atoms in total. The smallest absolute Gasteiger partial charge is 0.465 e. The van der Waals surface area contributed by atoms with Crippen molar-refractivity contribution in [3.05, 3.63) is 59.4 Å². The second-order valence-corrected chi connectivity index (χ2v) is 10.5. The molecule has 2 atom stereocenters. The highest BCUT2D eigenvalue weighted by atomic mass is 19.4. The summed E-state index contributed by atoms with van der Waals surface area (Å²) < 4.78 is 48.6. The largest absolute Gasteiger partial charge is 0.573 e. The molecule has 2 aromatic carbocycles. The highest BCUT2D eigenvalue weighted by Gasteiger charge is 2.33. The van der Waals surface area contributed by atoms with Gasteiger partial charge in [-0.3, -0.25) is 0 Å². The molecule has 0 amide bonds. The minimum absolute atomic E-state index is 0.254. The third-order valence-corrected chi connectivity index (χ3v) is 6.69. The van der Waals surface area contributed by atoms with Crippen LogP contribution < -0.4 is 4.74 Å². The van der Waals surface area contributed by atoms with Crippen LogP contribution >= 0.6 is 0 Å². The van der Waals surface area contributed by atoms with Crippen LogP contribution in [0.2, 0.25) is 0 Å². The number of nitrogens with zero attached hydrogens (tertiary/aromatic N) is 2. The van der Waals surface area contributed by atoms with Crippen molar-refractivity contribution in [2.75, 3.05) is 7.11 Å². The third-order valence-electron chi connectivity index (χ3n) is 6.69. The predicted octanol–water partition coefficient (Wildman–Crippen LogP) is 6.77. The fourth-order valence-electron chi connectivity index (χ4n) is 5.70. The first-order chi connectivity index (χ1) is 16.4. The van der Waals surface area contributed by atoms with Crippen molar-refractivity contribution in [2.24, 2.45) is 17.3 Å². The van der Waals surface area contributed by atoms with E-state index in [2.05, 4.69) is 30.1 Å². The van der Waals surface area contributed by atoms with E-state index < -0.39 is 12.3 Å². The van der Waals surface area contributed by atoms with Gasteiger partial charge in [-0.1, -0.05) is 32.9 Å². The lowest BCUT2D eigenvalue weighted by molar-refractivity contribution is -0.274. The molecule has 1 heterocycles. The van der Waals surface area contributed by atoms with Crippen LogP contribution in [0.4, 0.5) is 13.2 Å². The van der Waals surface area contributed by atoms with Crippen LogP contribution in [0.15, 0.2) is 42.5 Å². The van der Waals surface area contributed by atoms with Gasteiger partial charge in [0.1, 0.15) is 11.6 Å². The highest BCUT2D eigenvalue weighted by molar-refractivity contribution is 5.93. The Morgan fingerprint density at radius 3 is 2.49 bits per heavy atom. The molecule has 0 N–H and O–H groups in total. The molecule has 0 saturated heterocycles. The van der Waals surface area contributed by atoms with E-state index in [-0.39, 0.29) is 11.2 Å². The number of fused-ring (bicyclic) bond motifs is 1. The number of aromatic nitrogens is 2. The minimum Gasteiger partial charge on any atom is -0.465 e. The van der Waals surface area contributed by atoms with Crippen molar-refractivity contribution in [3.63, 3.8) is 0 Å². The quantitative estimate of drug-likeness (QED) is 0.359. The third kappa shape index (κ3) is 6.16. The molecule has 1 aromatic heterocycles. The number of halogens is 3. The van der Waals surface area contributed by atoms with Gasteiger partial charge in [-0.2, -0.15) is 0 Å². The Labute approximate surface area is 203 Å². The van der Waals surface area contributed by atoms with Gasteiger partial charge in [0, 0.05) is 13.0 Å². The lowest BCUT2D eigenvalue weighted by atomic mass is 9.68. The summed E-state index contributed by atoms with van der Waals surface area (Å²) in [6.45, 7) is 7.73. The molecule has 0 aliphatic heterocycles. The van der Waals surface area contributed by atoms with Gasteiger partial charge in [0.25, 0.3) is 0 Å². The van der Waals surface area contributed by atoms with Crippen LogP contribution in [0.3, 0.4) is 0 Å². The zero-order valence-corrected chi connectivity index (χ0v) is 20.5. The number of imidazole rings is 1. The molecule has 0 spiro atoms. The maximum atomic E-state index is 12.5. The zero-order chi connectivity index (χ0) is 25.4. The summed E-state index contributed by atoms with van der Waals surface area (Å²) >= 11 is 0.